The Morgan fingerprint density at radius 2 is 2.28 bits per heavy atom. The average molecular weight is 248 g/mol. The van der Waals surface area contributed by atoms with Crippen molar-refractivity contribution >= 4 is 5.82 Å². The van der Waals surface area contributed by atoms with E-state index >= 15 is 0 Å². The fourth-order valence-corrected chi connectivity index (χ4v) is 1.61. The molecule has 0 atom stereocenters. The van der Waals surface area contributed by atoms with Crippen LogP contribution in [0.4, 0.5) is 5.82 Å². The Labute approximate surface area is 105 Å². The molecule has 0 unspecified atom stereocenters. The molecule has 0 saturated carbocycles. The van der Waals surface area contributed by atoms with E-state index in [9.17, 15) is 4.79 Å². The van der Waals surface area contributed by atoms with Crippen LogP contribution >= 0.6 is 0 Å². The van der Waals surface area contributed by atoms with E-state index in [-0.39, 0.29) is 5.56 Å². The topological polar surface area (TPSA) is 73.0 Å². The van der Waals surface area contributed by atoms with Crippen molar-refractivity contribution in [2.45, 2.75) is 26.9 Å². The predicted octanol–water partition coefficient (Wildman–Crippen LogP) is 1.50. The predicted molar refractivity (Wildman–Crippen MR) is 67.2 cm³/mol. The molecule has 0 aliphatic rings. The molecule has 0 bridgehead atoms. The summed E-state index contributed by atoms with van der Waals surface area (Å²) in [7, 11) is 0. The molecule has 96 valence electrons. The molecule has 0 aromatic carbocycles. The number of hydrogen-bond donors (Lipinski definition) is 1. The van der Waals surface area contributed by atoms with Gasteiger partial charge in [-0.05, 0) is 5.92 Å². The summed E-state index contributed by atoms with van der Waals surface area (Å²) >= 11 is 0. The minimum absolute atomic E-state index is 0.120. The van der Waals surface area contributed by atoms with Gasteiger partial charge < -0.3 is 14.4 Å². The number of nitrogens with zero attached hydrogens (tertiary/aromatic N) is 3. The fourth-order valence-electron chi connectivity index (χ4n) is 1.61. The monoisotopic (exact) mass is 248 g/mol. The number of aromatic nitrogens is 3. The summed E-state index contributed by atoms with van der Waals surface area (Å²) in [5, 5.41) is 6.55. The first-order valence-corrected chi connectivity index (χ1v) is 5.85. The van der Waals surface area contributed by atoms with Crippen LogP contribution in [0.3, 0.4) is 0 Å². The van der Waals surface area contributed by atoms with E-state index < -0.39 is 0 Å². The van der Waals surface area contributed by atoms with Crippen molar-refractivity contribution in [2.24, 2.45) is 5.92 Å². The Morgan fingerprint density at radius 1 is 1.44 bits per heavy atom. The Bertz CT molecular complexity index is 545. The third kappa shape index (κ3) is 2.97. The van der Waals surface area contributed by atoms with Crippen LogP contribution in [0, 0.1) is 5.92 Å². The first-order valence-electron chi connectivity index (χ1n) is 5.85. The van der Waals surface area contributed by atoms with Crippen LogP contribution in [0.25, 0.3) is 0 Å². The largest absolute Gasteiger partial charge is 0.360 e. The summed E-state index contributed by atoms with van der Waals surface area (Å²) < 4.78 is 6.59. The molecule has 0 saturated heterocycles. The van der Waals surface area contributed by atoms with Crippen molar-refractivity contribution < 1.29 is 4.52 Å². The van der Waals surface area contributed by atoms with Gasteiger partial charge in [-0.1, -0.05) is 19.0 Å². The molecule has 18 heavy (non-hydrogen) atoms. The molecule has 0 radical (unpaired) electrons. The summed E-state index contributed by atoms with van der Waals surface area (Å²) in [6.45, 7) is 5.20. The van der Waals surface area contributed by atoms with Crippen LogP contribution in [-0.4, -0.2) is 14.7 Å². The smallest absolute Gasteiger partial charge is 0.293 e. The summed E-state index contributed by atoms with van der Waals surface area (Å²) in [4.78, 5) is 16.1. The zero-order valence-electron chi connectivity index (χ0n) is 10.5. The first kappa shape index (κ1) is 12.3. The molecule has 2 aromatic rings. The SMILES string of the molecule is CC(C)Cn1ccnc(NCc2ccno2)c1=O. The van der Waals surface area contributed by atoms with Gasteiger partial charge in [0.25, 0.3) is 5.56 Å². The molecular formula is C12H16N4O2. The molecular weight excluding hydrogens is 232 g/mol. The molecule has 0 aliphatic carbocycles. The quantitative estimate of drug-likeness (QED) is 0.868. The van der Waals surface area contributed by atoms with Crippen molar-refractivity contribution in [3.05, 3.63) is 40.8 Å². The molecule has 2 rings (SSSR count). The lowest BCUT2D eigenvalue weighted by molar-refractivity contribution is 0.388. The molecule has 0 spiro atoms. The van der Waals surface area contributed by atoms with Gasteiger partial charge in [-0.3, -0.25) is 4.79 Å². The van der Waals surface area contributed by atoms with Gasteiger partial charge in [0.05, 0.1) is 12.7 Å². The van der Waals surface area contributed by atoms with Gasteiger partial charge in [-0.25, -0.2) is 4.98 Å². The molecule has 1 N–H and O–H groups in total. The van der Waals surface area contributed by atoms with E-state index in [0.29, 0.717) is 30.6 Å². The zero-order chi connectivity index (χ0) is 13.0. The molecule has 6 heteroatoms. The van der Waals surface area contributed by atoms with E-state index in [1.807, 2.05) is 0 Å². The van der Waals surface area contributed by atoms with Crippen molar-refractivity contribution in [3.63, 3.8) is 0 Å². The highest BCUT2D eigenvalue weighted by molar-refractivity contribution is 5.31. The van der Waals surface area contributed by atoms with Crippen molar-refractivity contribution in [2.75, 3.05) is 5.32 Å². The van der Waals surface area contributed by atoms with E-state index in [1.54, 1.807) is 29.2 Å². The van der Waals surface area contributed by atoms with E-state index in [4.69, 9.17) is 4.52 Å². The van der Waals surface area contributed by atoms with Crippen LogP contribution in [-0.2, 0) is 13.1 Å². The minimum Gasteiger partial charge on any atom is -0.360 e. The lowest BCUT2D eigenvalue weighted by atomic mass is 10.2. The van der Waals surface area contributed by atoms with E-state index in [2.05, 4.69) is 29.3 Å². The highest BCUT2D eigenvalue weighted by atomic mass is 16.5. The van der Waals surface area contributed by atoms with Crippen LogP contribution in [0.1, 0.15) is 19.6 Å². The van der Waals surface area contributed by atoms with Gasteiger partial charge in [-0.15, -0.1) is 0 Å². The Morgan fingerprint density at radius 3 is 2.94 bits per heavy atom. The molecule has 0 amide bonds. The number of rotatable bonds is 5. The molecule has 6 nitrogen and oxygen atoms in total. The second-order valence-corrected chi connectivity index (χ2v) is 4.46. The fraction of sp³-hybridized carbons (Fsp3) is 0.417. The summed E-state index contributed by atoms with van der Waals surface area (Å²) in [5.41, 5.74) is -0.120. The van der Waals surface area contributed by atoms with Crippen LogP contribution in [0.5, 0.6) is 0 Å². The Kier molecular flexibility index (Phi) is 3.76. The minimum atomic E-state index is -0.120. The van der Waals surface area contributed by atoms with Gasteiger partial charge in [0.15, 0.2) is 11.6 Å². The number of nitrogens with one attached hydrogen (secondary N) is 1. The first-order chi connectivity index (χ1) is 8.66. The Hall–Kier alpha value is -2.11. The highest BCUT2D eigenvalue weighted by Crippen LogP contribution is 2.02. The third-order valence-corrected chi connectivity index (χ3v) is 2.40. The lowest BCUT2D eigenvalue weighted by Crippen LogP contribution is -2.25. The third-order valence-electron chi connectivity index (χ3n) is 2.40. The maximum Gasteiger partial charge on any atom is 0.293 e. The van der Waals surface area contributed by atoms with Gasteiger partial charge >= 0.3 is 0 Å². The number of hydrogen-bond acceptors (Lipinski definition) is 5. The normalized spacial score (nSPS) is 10.8. The standard InChI is InChI=1S/C12H16N4O2/c1-9(2)8-16-6-5-13-11(12(16)17)14-7-10-3-4-15-18-10/h3-6,9H,7-8H2,1-2H3,(H,13,14). The Balaban J connectivity index is 2.11. The highest BCUT2D eigenvalue weighted by Gasteiger charge is 2.06. The summed E-state index contributed by atoms with van der Waals surface area (Å²) in [5.74, 6) is 1.40. The van der Waals surface area contributed by atoms with Crippen LogP contribution in [0.15, 0.2) is 34.0 Å². The lowest BCUT2D eigenvalue weighted by Gasteiger charge is -2.10. The maximum atomic E-state index is 12.1. The van der Waals surface area contributed by atoms with Gasteiger partial charge in [0.2, 0.25) is 0 Å². The van der Waals surface area contributed by atoms with E-state index in [0.717, 1.165) is 0 Å². The van der Waals surface area contributed by atoms with Gasteiger partial charge in [0.1, 0.15) is 0 Å². The van der Waals surface area contributed by atoms with E-state index in [1.165, 1.54) is 0 Å². The molecule has 0 aliphatic heterocycles. The maximum absolute atomic E-state index is 12.1. The summed E-state index contributed by atoms with van der Waals surface area (Å²) in [6.07, 6.45) is 4.88. The van der Waals surface area contributed by atoms with Gasteiger partial charge in [-0.2, -0.15) is 0 Å². The second kappa shape index (κ2) is 5.48. The molecule has 0 fully saturated rings. The van der Waals surface area contributed by atoms with Crippen molar-refractivity contribution in [1.29, 1.82) is 0 Å². The van der Waals surface area contributed by atoms with Crippen LogP contribution in [0.2, 0.25) is 0 Å². The van der Waals surface area contributed by atoms with Crippen molar-refractivity contribution in [1.82, 2.24) is 14.7 Å². The zero-order valence-corrected chi connectivity index (χ0v) is 10.5. The van der Waals surface area contributed by atoms with Gasteiger partial charge in [0, 0.05) is 25.0 Å². The number of anilines is 1. The van der Waals surface area contributed by atoms with Crippen molar-refractivity contribution in [3.8, 4) is 0 Å². The average Bonchev–Trinajstić information content (AvgIpc) is 2.83. The molecule has 2 aromatic heterocycles. The van der Waals surface area contributed by atoms with Crippen LogP contribution < -0.4 is 10.9 Å². The second-order valence-electron chi connectivity index (χ2n) is 4.46. The summed E-state index contributed by atoms with van der Waals surface area (Å²) in [6, 6.07) is 1.74. The molecule has 2 heterocycles.